The molecule has 2 aromatic rings. The molecule has 0 saturated carbocycles. The minimum atomic E-state index is -0.0257. The number of benzene rings is 1. The number of hydrogen-bond acceptors (Lipinski definition) is 11. The van der Waals surface area contributed by atoms with Crippen LogP contribution < -0.4 is 43.0 Å². The van der Waals surface area contributed by atoms with Crippen molar-refractivity contribution in [1.29, 1.82) is 0 Å². The molecule has 2 saturated heterocycles. The van der Waals surface area contributed by atoms with Gasteiger partial charge in [-0.15, -0.1) is 0 Å². The molecule has 0 bridgehead atoms. The summed E-state index contributed by atoms with van der Waals surface area (Å²) in [5.74, 6) is 1.59. The highest BCUT2D eigenvalue weighted by atomic mass is 15.4. The van der Waals surface area contributed by atoms with Gasteiger partial charge in [-0.25, -0.2) is 0 Å². The lowest BCUT2D eigenvalue weighted by molar-refractivity contribution is 0.441. The molecule has 0 aliphatic carbocycles. The third-order valence-electron chi connectivity index (χ3n) is 6.63. The molecule has 2 aliphatic heterocycles. The Morgan fingerprint density at radius 1 is 0.829 bits per heavy atom. The Bertz CT molecular complexity index is 902. The van der Waals surface area contributed by atoms with Gasteiger partial charge in [0.25, 0.3) is 0 Å². The van der Waals surface area contributed by atoms with Gasteiger partial charge >= 0.3 is 0 Å². The van der Waals surface area contributed by atoms with Gasteiger partial charge in [0.1, 0.15) is 0 Å². The SMILES string of the molecule is CCN(c1ccc(Nc2nc(N3CC(N)CC(N)C3)nc(N3CC(N)CC(N)C3)n2)cc1)C(C)C. The van der Waals surface area contributed by atoms with E-state index >= 15 is 0 Å². The number of piperidine rings is 2. The second-order valence-corrected chi connectivity index (χ2v) is 10.1. The second-order valence-electron chi connectivity index (χ2n) is 10.1. The normalized spacial score (nSPS) is 25.1. The van der Waals surface area contributed by atoms with Crippen LogP contribution in [0.4, 0.5) is 29.2 Å². The van der Waals surface area contributed by atoms with Crippen molar-refractivity contribution in [3.63, 3.8) is 0 Å². The highest BCUT2D eigenvalue weighted by Gasteiger charge is 2.28. The van der Waals surface area contributed by atoms with Crippen LogP contribution in [0, 0.1) is 0 Å². The number of nitrogens with one attached hydrogen (secondary N) is 1. The van der Waals surface area contributed by atoms with Crippen molar-refractivity contribution in [3.8, 4) is 0 Å². The molecule has 4 unspecified atom stereocenters. The third kappa shape index (κ3) is 6.29. The van der Waals surface area contributed by atoms with Gasteiger partial charge in [0, 0.05) is 74.3 Å². The van der Waals surface area contributed by atoms with Crippen molar-refractivity contribution in [1.82, 2.24) is 15.0 Å². The van der Waals surface area contributed by atoms with Crippen LogP contribution in [0.3, 0.4) is 0 Å². The number of nitrogens with zero attached hydrogens (tertiary/aromatic N) is 6. The lowest BCUT2D eigenvalue weighted by atomic mass is 10.0. The molecule has 1 aromatic carbocycles. The van der Waals surface area contributed by atoms with Gasteiger partial charge in [-0.3, -0.25) is 0 Å². The summed E-state index contributed by atoms with van der Waals surface area (Å²) in [6.07, 6.45) is 1.57. The third-order valence-corrected chi connectivity index (χ3v) is 6.63. The molecule has 4 rings (SSSR count). The summed E-state index contributed by atoms with van der Waals surface area (Å²) in [5, 5.41) is 3.36. The van der Waals surface area contributed by atoms with Crippen LogP contribution in [-0.2, 0) is 0 Å². The minimum Gasteiger partial charge on any atom is -0.369 e. The number of nitrogens with two attached hydrogens (primary N) is 4. The molecule has 0 amide bonds. The van der Waals surface area contributed by atoms with Crippen LogP contribution in [-0.4, -0.2) is 77.9 Å². The zero-order valence-corrected chi connectivity index (χ0v) is 21.1. The Labute approximate surface area is 208 Å². The Hall–Kier alpha value is -2.73. The fourth-order valence-electron chi connectivity index (χ4n) is 5.09. The molecule has 11 nitrogen and oxygen atoms in total. The molecule has 11 heteroatoms. The minimum absolute atomic E-state index is 0.0257. The Kier molecular flexibility index (Phi) is 7.90. The van der Waals surface area contributed by atoms with Gasteiger partial charge < -0.3 is 43.0 Å². The maximum Gasteiger partial charge on any atom is 0.233 e. The summed E-state index contributed by atoms with van der Waals surface area (Å²) in [6.45, 7) is 10.1. The van der Waals surface area contributed by atoms with E-state index in [1.165, 1.54) is 5.69 Å². The highest BCUT2D eigenvalue weighted by Crippen LogP contribution is 2.25. The van der Waals surface area contributed by atoms with E-state index < -0.39 is 0 Å². The first-order valence-electron chi connectivity index (χ1n) is 12.6. The van der Waals surface area contributed by atoms with Crippen molar-refractivity contribution in [2.75, 3.05) is 52.7 Å². The van der Waals surface area contributed by atoms with Crippen molar-refractivity contribution >= 4 is 29.2 Å². The monoisotopic (exact) mass is 483 g/mol. The first-order chi connectivity index (χ1) is 16.7. The van der Waals surface area contributed by atoms with Crippen LogP contribution in [0.25, 0.3) is 0 Å². The van der Waals surface area contributed by atoms with E-state index in [0.29, 0.717) is 50.1 Å². The zero-order chi connectivity index (χ0) is 25.1. The molecule has 0 radical (unpaired) electrons. The van der Waals surface area contributed by atoms with E-state index in [2.05, 4.69) is 43.1 Å². The van der Waals surface area contributed by atoms with Gasteiger partial charge in [0.2, 0.25) is 17.8 Å². The van der Waals surface area contributed by atoms with Crippen LogP contribution >= 0.6 is 0 Å². The summed E-state index contributed by atoms with van der Waals surface area (Å²) >= 11 is 0. The molecule has 9 N–H and O–H groups in total. The van der Waals surface area contributed by atoms with E-state index in [9.17, 15) is 0 Å². The molecule has 35 heavy (non-hydrogen) atoms. The van der Waals surface area contributed by atoms with Crippen LogP contribution in [0.5, 0.6) is 0 Å². The van der Waals surface area contributed by atoms with Crippen molar-refractivity contribution < 1.29 is 0 Å². The molecule has 3 heterocycles. The van der Waals surface area contributed by atoms with Crippen LogP contribution in [0.1, 0.15) is 33.6 Å². The standard InChI is InChI=1S/C24H41N11/c1-4-35(15(2)3)21-7-5-20(6-8-21)29-22-30-23(33-11-16(25)9-17(26)12-33)32-24(31-22)34-13-18(27)10-19(28)14-34/h5-8,15-19H,4,9-14,25-28H2,1-3H3,(H,29,30,31,32). The van der Waals surface area contributed by atoms with Crippen molar-refractivity contribution in [2.24, 2.45) is 22.9 Å². The molecule has 1 aromatic heterocycles. The van der Waals surface area contributed by atoms with Crippen molar-refractivity contribution in [3.05, 3.63) is 24.3 Å². The van der Waals surface area contributed by atoms with E-state index in [-0.39, 0.29) is 24.2 Å². The quantitative estimate of drug-likeness (QED) is 0.374. The molecule has 0 spiro atoms. The van der Waals surface area contributed by atoms with Crippen LogP contribution in [0.2, 0.25) is 0 Å². The van der Waals surface area contributed by atoms with Gasteiger partial charge in [-0.05, 0) is 57.9 Å². The molecule has 4 atom stereocenters. The summed E-state index contributed by atoms with van der Waals surface area (Å²) in [4.78, 5) is 20.7. The summed E-state index contributed by atoms with van der Waals surface area (Å²) in [6, 6.07) is 8.64. The highest BCUT2D eigenvalue weighted by molar-refractivity contribution is 5.61. The Morgan fingerprint density at radius 3 is 1.69 bits per heavy atom. The summed E-state index contributed by atoms with van der Waals surface area (Å²) in [5.41, 5.74) is 27.1. The number of hydrogen-bond donors (Lipinski definition) is 5. The number of anilines is 5. The predicted molar refractivity (Wildman–Crippen MR) is 143 cm³/mol. The molecule has 2 fully saturated rings. The smallest absolute Gasteiger partial charge is 0.233 e. The molecular weight excluding hydrogens is 442 g/mol. The maximum absolute atomic E-state index is 6.25. The summed E-state index contributed by atoms with van der Waals surface area (Å²) in [7, 11) is 0. The van der Waals surface area contributed by atoms with Gasteiger partial charge in [0.05, 0.1) is 0 Å². The zero-order valence-electron chi connectivity index (χ0n) is 21.1. The van der Waals surface area contributed by atoms with Crippen LogP contribution in [0.15, 0.2) is 24.3 Å². The van der Waals surface area contributed by atoms with Gasteiger partial charge in [0.15, 0.2) is 0 Å². The van der Waals surface area contributed by atoms with E-state index in [1.807, 2.05) is 21.9 Å². The lowest BCUT2D eigenvalue weighted by Gasteiger charge is -2.37. The number of rotatable bonds is 7. The fourth-order valence-corrected chi connectivity index (χ4v) is 5.09. The first kappa shape index (κ1) is 25.4. The molecular formula is C24H41N11. The molecule has 2 aliphatic rings. The summed E-state index contributed by atoms with van der Waals surface area (Å²) < 4.78 is 0. The molecule has 192 valence electrons. The lowest BCUT2D eigenvalue weighted by Crippen LogP contribution is -2.54. The van der Waals surface area contributed by atoms with Crippen molar-refractivity contribution in [2.45, 2.75) is 63.8 Å². The first-order valence-corrected chi connectivity index (χ1v) is 12.6. The Balaban J connectivity index is 1.62. The van der Waals surface area contributed by atoms with E-state index in [1.54, 1.807) is 0 Å². The largest absolute Gasteiger partial charge is 0.369 e. The average molecular weight is 484 g/mol. The predicted octanol–water partition coefficient (Wildman–Crippen LogP) is 0.579. The van der Waals surface area contributed by atoms with Gasteiger partial charge in [-0.2, -0.15) is 15.0 Å². The number of aromatic nitrogens is 3. The topological polar surface area (TPSA) is 164 Å². The van der Waals surface area contributed by atoms with E-state index in [4.69, 9.17) is 37.9 Å². The average Bonchev–Trinajstić information content (AvgIpc) is 2.79. The maximum atomic E-state index is 6.25. The fraction of sp³-hybridized carbons (Fsp3) is 0.625. The Morgan fingerprint density at radius 2 is 1.29 bits per heavy atom. The van der Waals surface area contributed by atoms with Gasteiger partial charge in [-0.1, -0.05) is 0 Å². The second kappa shape index (κ2) is 10.9. The van der Waals surface area contributed by atoms with E-state index in [0.717, 1.165) is 25.1 Å².